The van der Waals surface area contributed by atoms with Crippen molar-refractivity contribution in [3.05, 3.63) is 99.0 Å². The van der Waals surface area contributed by atoms with Gasteiger partial charge in [-0.05, 0) is 62.6 Å². The van der Waals surface area contributed by atoms with Crippen molar-refractivity contribution < 1.29 is 9.53 Å². The van der Waals surface area contributed by atoms with Gasteiger partial charge in [-0.25, -0.2) is 0 Å². The number of nitrogens with one attached hydrogen (secondary N) is 1. The van der Waals surface area contributed by atoms with E-state index in [4.69, 9.17) is 39.5 Å². The van der Waals surface area contributed by atoms with E-state index in [2.05, 4.69) is 17.4 Å². The number of hydrogen-bond donors (Lipinski definition) is 1. The van der Waals surface area contributed by atoms with Crippen LogP contribution in [0.1, 0.15) is 37.8 Å². The number of carbonyl (C=O) groups is 1. The highest BCUT2D eigenvalue weighted by Crippen LogP contribution is 2.29. The Morgan fingerprint density at radius 1 is 0.938 bits per heavy atom. The number of ether oxygens (including phenoxy) is 1. The quantitative estimate of drug-likeness (QED) is 0.359. The van der Waals surface area contributed by atoms with Gasteiger partial charge in [0.1, 0.15) is 5.75 Å². The van der Waals surface area contributed by atoms with E-state index in [0.717, 1.165) is 17.5 Å². The summed E-state index contributed by atoms with van der Waals surface area (Å²) >= 11 is 18.1. The van der Waals surface area contributed by atoms with Crippen molar-refractivity contribution in [2.24, 2.45) is 0 Å². The largest absolute Gasteiger partial charge is 0.478 e. The van der Waals surface area contributed by atoms with Crippen molar-refractivity contribution in [3.8, 4) is 5.75 Å². The Kier molecular flexibility index (Phi) is 8.10. The van der Waals surface area contributed by atoms with Crippen LogP contribution < -0.4 is 10.1 Å². The van der Waals surface area contributed by atoms with Gasteiger partial charge in [0.05, 0.1) is 10.0 Å². The molecule has 3 nitrogen and oxygen atoms in total. The van der Waals surface area contributed by atoms with Crippen LogP contribution >= 0.6 is 34.8 Å². The molecular weight excluding hydrogens is 465 g/mol. The van der Waals surface area contributed by atoms with Crippen LogP contribution in [0.15, 0.2) is 72.8 Å². The molecule has 0 saturated carbocycles. The molecule has 0 aliphatic heterocycles. The summed E-state index contributed by atoms with van der Waals surface area (Å²) in [5, 5.41) is 4.66. The third-order valence-corrected chi connectivity index (χ3v) is 6.36. The summed E-state index contributed by atoms with van der Waals surface area (Å²) in [6.45, 7) is 5.48. The zero-order chi connectivity index (χ0) is 23.3. The monoisotopic (exact) mass is 489 g/mol. The first kappa shape index (κ1) is 24.4. The summed E-state index contributed by atoms with van der Waals surface area (Å²) in [6, 6.07) is 22.8. The lowest BCUT2D eigenvalue weighted by atomic mass is 9.86. The van der Waals surface area contributed by atoms with Crippen LogP contribution in [0.5, 0.6) is 5.75 Å². The average Bonchev–Trinajstić information content (AvgIpc) is 2.76. The summed E-state index contributed by atoms with van der Waals surface area (Å²) in [6.07, 6.45) is 0.761. The van der Waals surface area contributed by atoms with Crippen LogP contribution in [0.25, 0.3) is 0 Å². The molecule has 3 rings (SSSR count). The molecule has 0 aliphatic rings. The van der Waals surface area contributed by atoms with Crippen LogP contribution in [-0.4, -0.2) is 17.6 Å². The minimum Gasteiger partial charge on any atom is -0.478 e. The SMILES string of the molecule is C[C@H](NC(=O)C(C)(C)Oc1ccc(Cl)c(Cl)c1)C(Cc1ccc(Cl)cc1)c1ccccc1. The second-order valence-corrected chi connectivity index (χ2v) is 9.55. The highest BCUT2D eigenvalue weighted by Gasteiger charge is 2.33. The molecule has 0 radical (unpaired) electrons. The predicted octanol–water partition coefficient (Wildman–Crippen LogP) is 7.34. The molecule has 3 aromatic rings. The van der Waals surface area contributed by atoms with Gasteiger partial charge < -0.3 is 10.1 Å². The maximum atomic E-state index is 13.2. The maximum absolute atomic E-state index is 13.2. The number of halogens is 3. The Morgan fingerprint density at radius 3 is 2.22 bits per heavy atom. The molecule has 3 aromatic carbocycles. The van der Waals surface area contributed by atoms with E-state index in [1.165, 1.54) is 0 Å². The lowest BCUT2D eigenvalue weighted by Crippen LogP contribution is -2.51. The number of carbonyl (C=O) groups excluding carboxylic acids is 1. The van der Waals surface area contributed by atoms with Gasteiger partial charge in [0.2, 0.25) is 0 Å². The summed E-state index contributed by atoms with van der Waals surface area (Å²) in [5.74, 6) is 0.336. The number of amides is 1. The number of rotatable bonds is 8. The van der Waals surface area contributed by atoms with Crippen LogP contribution in [0.2, 0.25) is 15.1 Å². The molecule has 0 aliphatic carbocycles. The van der Waals surface area contributed by atoms with E-state index in [0.29, 0.717) is 20.8 Å². The lowest BCUT2D eigenvalue weighted by molar-refractivity contribution is -0.135. The Morgan fingerprint density at radius 2 is 1.59 bits per heavy atom. The van der Waals surface area contributed by atoms with E-state index >= 15 is 0 Å². The highest BCUT2D eigenvalue weighted by atomic mass is 35.5. The van der Waals surface area contributed by atoms with Gasteiger partial charge in [-0.15, -0.1) is 0 Å². The molecule has 6 heteroatoms. The molecule has 32 heavy (non-hydrogen) atoms. The molecule has 0 spiro atoms. The Labute approximate surface area is 204 Å². The van der Waals surface area contributed by atoms with Crippen LogP contribution in [0, 0.1) is 0 Å². The summed E-state index contributed by atoms with van der Waals surface area (Å²) < 4.78 is 5.95. The van der Waals surface area contributed by atoms with Crippen molar-refractivity contribution in [3.63, 3.8) is 0 Å². The van der Waals surface area contributed by atoms with Crippen molar-refractivity contribution in [1.82, 2.24) is 5.32 Å². The standard InChI is InChI=1S/C26H26Cl3NO2/c1-17(30-25(31)26(2,3)32-21-13-14-23(28)24(29)16-21)22(19-7-5-4-6-8-19)15-18-9-11-20(27)12-10-18/h4-14,16-17,22H,15H2,1-3H3,(H,30,31)/t17-,22?/m0/s1. The first-order chi connectivity index (χ1) is 15.2. The smallest absolute Gasteiger partial charge is 0.263 e. The molecule has 0 bridgehead atoms. The van der Waals surface area contributed by atoms with Gasteiger partial charge >= 0.3 is 0 Å². The van der Waals surface area contributed by atoms with Gasteiger partial charge in [-0.1, -0.05) is 77.3 Å². The lowest BCUT2D eigenvalue weighted by Gasteiger charge is -2.31. The van der Waals surface area contributed by atoms with Gasteiger partial charge in [0.25, 0.3) is 5.91 Å². The predicted molar refractivity (Wildman–Crippen MR) is 133 cm³/mol. The van der Waals surface area contributed by atoms with Gasteiger partial charge in [-0.3, -0.25) is 4.79 Å². The van der Waals surface area contributed by atoms with E-state index in [9.17, 15) is 4.79 Å². The molecule has 1 N–H and O–H groups in total. The zero-order valence-corrected chi connectivity index (χ0v) is 20.5. The maximum Gasteiger partial charge on any atom is 0.263 e. The molecule has 168 valence electrons. The fourth-order valence-corrected chi connectivity index (χ4v) is 3.93. The van der Waals surface area contributed by atoms with E-state index in [-0.39, 0.29) is 17.9 Å². The zero-order valence-electron chi connectivity index (χ0n) is 18.2. The topological polar surface area (TPSA) is 38.3 Å². The van der Waals surface area contributed by atoms with E-state index < -0.39 is 5.60 Å². The van der Waals surface area contributed by atoms with E-state index in [1.54, 1.807) is 32.0 Å². The number of hydrogen-bond acceptors (Lipinski definition) is 2. The molecule has 0 saturated heterocycles. The molecule has 0 fully saturated rings. The summed E-state index contributed by atoms with van der Waals surface area (Å²) in [5.41, 5.74) is 1.20. The fraction of sp³-hybridized carbons (Fsp3) is 0.269. The summed E-state index contributed by atoms with van der Waals surface area (Å²) in [4.78, 5) is 13.2. The summed E-state index contributed by atoms with van der Waals surface area (Å²) in [7, 11) is 0. The van der Waals surface area contributed by atoms with Crippen molar-refractivity contribution in [1.29, 1.82) is 0 Å². The molecule has 1 amide bonds. The van der Waals surface area contributed by atoms with Crippen molar-refractivity contribution in [2.75, 3.05) is 0 Å². The van der Waals surface area contributed by atoms with Crippen LogP contribution in [0.4, 0.5) is 0 Å². The minimum absolute atomic E-state index is 0.0714. The minimum atomic E-state index is -1.10. The van der Waals surface area contributed by atoms with Gasteiger partial charge in [-0.2, -0.15) is 0 Å². The van der Waals surface area contributed by atoms with Crippen molar-refractivity contribution in [2.45, 2.75) is 44.8 Å². The Bertz CT molecular complexity index is 1050. The third-order valence-electron chi connectivity index (χ3n) is 5.37. The first-order valence-electron chi connectivity index (χ1n) is 10.4. The van der Waals surface area contributed by atoms with Gasteiger partial charge in [0, 0.05) is 23.0 Å². The van der Waals surface area contributed by atoms with Crippen molar-refractivity contribution >= 4 is 40.7 Å². The van der Waals surface area contributed by atoms with Crippen LogP contribution in [0.3, 0.4) is 0 Å². The highest BCUT2D eigenvalue weighted by molar-refractivity contribution is 6.42. The normalized spacial score (nSPS) is 13.3. The molecular formula is C26H26Cl3NO2. The second-order valence-electron chi connectivity index (χ2n) is 8.30. The molecule has 0 aromatic heterocycles. The Hall–Kier alpha value is -2.20. The molecule has 2 atom stereocenters. The second kappa shape index (κ2) is 10.6. The third kappa shape index (κ3) is 6.41. The molecule has 0 heterocycles. The first-order valence-corrected chi connectivity index (χ1v) is 11.5. The van der Waals surface area contributed by atoms with Crippen LogP contribution in [-0.2, 0) is 11.2 Å². The molecule has 1 unspecified atom stereocenters. The number of benzene rings is 3. The fourth-order valence-electron chi connectivity index (χ4n) is 3.52. The Balaban J connectivity index is 1.76. The van der Waals surface area contributed by atoms with Gasteiger partial charge in [0.15, 0.2) is 5.60 Å². The van der Waals surface area contributed by atoms with E-state index in [1.807, 2.05) is 49.4 Å². The average molecular weight is 491 g/mol.